The third-order valence-corrected chi connectivity index (χ3v) is 5.03. The minimum Gasteiger partial charge on any atom is -0.508 e. The van der Waals surface area contributed by atoms with Crippen LogP contribution in [0.3, 0.4) is 0 Å². The van der Waals surface area contributed by atoms with Crippen LogP contribution in [0.5, 0.6) is 5.75 Å². The second kappa shape index (κ2) is 7.32. The number of piperazine rings is 1. The maximum Gasteiger partial charge on any atom is 0.244 e. The Kier molecular flexibility index (Phi) is 5.18. The number of phenols is 1. The van der Waals surface area contributed by atoms with Gasteiger partial charge in [0, 0.05) is 39.3 Å². The summed E-state index contributed by atoms with van der Waals surface area (Å²) in [5.41, 5.74) is 0.899. The van der Waals surface area contributed by atoms with Crippen LogP contribution in [0, 0.1) is 5.92 Å². The Balaban J connectivity index is 1.83. The average Bonchev–Trinajstić information content (AvgIpc) is 2.57. The number of carbonyl (C=O) groups excluding carboxylic acids is 1. The van der Waals surface area contributed by atoms with E-state index < -0.39 is 0 Å². The molecule has 2 aliphatic heterocycles. The van der Waals surface area contributed by atoms with Crippen LogP contribution in [-0.2, 0) is 4.79 Å². The Morgan fingerprint density at radius 2 is 1.91 bits per heavy atom. The van der Waals surface area contributed by atoms with Crippen molar-refractivity contribution in [3.63, 3.8) is 0 Å². The van der Waals surface area contributed by atoms with Gasteiger partial charge in [0.25, 0.3) is 0 Å². The number of aromatic hydroxyl groups is 1. The van der Waals surface area contributed by atoms with Crippen LogP contribution in [0.1, 0.15) is 31.4 Å². The van der Waals surface area contributed by atoms with Gasteiger partial charge in [-0.05, 0) is 36.5 Å². The van der Waals surface area contributed by atoms with Gasteiger partial charge in [-0.1, -0.05) is 19.1 Å². The van der Waals surface area contributed by atoms with Gasteiger partial charge in [0.15, 0.2) is 0 Å². The molecule has 23 heavy (non-hydrogen) atoms. The average molecular weight is 317 g/mol. The summed E-state index contributed by atoms with van der Waals surface area (Å²) < 4.78 is 0. The SMILES string of the molecule is CC1CCN(C(=O)C(c2cccc(O)c2)N2CCNCC2)CC1. The van der Waals surface area contributed by atoms with Crippen molar-refractivity contribution in [2.45, 2.75) is 25.8 Å². The molecule has 1 atom stereocenters. The molecular formula is C18H27N3O2. The molecule has 2 saturated heterocycles. The molecule has 3 rings (SSSR count). The normalized spacial score (nSPS) is 22.0. The van der Waals surface area contributed by atoms with Crippen molar-refractivity contribution in [3.8, 4) is 5.75 Å². The first kappa shape index (κ1) is 16.3. The van der Waals surface area contributed by atoms with Crippen LogP contribution in [0.4, 0.5) is 0 Å². The van der Waals surface area contributed by atoms with Crippen LogP contribution in [0.25, 0.3) is 0 Å². The summed E-state index contributed by atoms with van der Waals surface area (Å²) in [6.45, 7) is 7.47. The number of hydrogen-bond donors (Lipinski definition) is 2. The second-order valence-electron chi connectivity index (χ2n) is 6.79. The van der Waals surface area contributed by atoms with Gasteiger partial charge in [-0.3, -0.25) is 9.69 Å². The van der Waals surface area contributed by atoms with Crippen molar-refractivity contribution in [2.75, 3.05) is 39.3 Å². The first-order chi connectivity index (χ1) is 11.1. The highest BCUT2D eigenvalue weighted by Crippen LogP contribution is 2.28. The lowest BCUT2D eigenvalue weighted by molar-refractivity contribution is -0.139. The molecule has 0 spiro atoms. The van der Waals surface area contributed by atoms with E-state index in [1.54, 1.807) is 12.1 Å². The van der Waals surface area contributed by atoms with Gasteiger partial charge in [0.05, 0.1) is 0 Å². The van der Waals surface area contributed by atoms with Gasteiger partial charge in [-0.2, -0.15) is 0 Å². The molecule has 5 heteroatoms. The molecule has 2 heterocycles. The highest BCUT2D eigenvalue weighted by Gasteiger charge is 2.33. The van der Waals surface area contributed by atoms with E-state index in [0.29, 0.717) is 5.92 Å². The monoisotopic (exact) mass is 317 g/mol. The molecular weight excluding hydrogens is 290 g/mol. The highest BCUT2D eigenvalue weighted by molar-refractivity contribution is 5.83. The third kappa shape index (κ3) is 3.85. The van der Waals surface area contributed by atoms with Crippen molar-refractivity contribution in [1.82, 2.24) is 15.1 Å². The van der Waals surface area contributed by atoms with Crippen LogP contribution in [0.15, 0.2) is 24.3 Å². The molecule has 0 saturated carbocycles. The molecule has 1 aromatic carbocycles. The maximum atomic E-state index is 13.2. The molecule has 1 unspecified atom stereocenters. The number of hydrogen-bond acceptors (Lipinski definition) is 4. The number of piperidine rings is 1. The maximum absolute atomic E-state index is 13.2. The van der Waals surface area contributed by atoms with Crippen molar-refractivity contribution in [2.24, 2.45) is 5.92 Å². The number of rotatable bonds is 3. The van der Waals surface area contributed by atoms with E-state index >= 15 is 0 Å². The number of phenolic OH excluding ortho intramolecular Hbond substituents is 1. The predicted octanol–water partition coefficient (Wildman–Crippen LogP) is 1.60. The Morgan fingerprint density at radius 1 is 1.22 bits per heavy atom. The number of carbonyl (C=O) groups is 1. The van der Waals surface area contributed by atoms with E-state index in [9.17, 15) is 9.90 Å². The van der Waals surface area contributed by atoms with Crippen molar-refractivity contribution < 1.29 is 9.90 Å². The topological polar surface area (TPSA) is 55.8 Å². The summed E-state index contributed by atoms with van der Waals surface area (Å²) >= 11 is 0. The van der Waals surface area contributed by atoms with Crippen LogP contribution in [0.2, 0.25) is 0 Å². The molecule has 126 valence electrons. The molecule has 2 aliphatic rings. The van der Waals surface area contributed by atoms with Crippen LogP contribution < -0.4 is 5.32 Å². The quantitative estimate of drug-likeness (QED) is 0.889. The van der Waals surface area contributed by atoms with Gasteiger partial charge in [0.2, 0.25) is 5.91 Å². The van der Waals surface area contributed by atoms with Gasteiger partial charge in [0.1, 0.15) is 11.8 Å². The smallest absolute Gasteiger partial charge is 0.244 e. The van der Waals surface area contributed by atoms with Crippen molar-refractivity contribution in [1.29, 1.82) is 0 Å². The van der Waals surface area contributed by atoms with Crippen LogP contribution >= 0.6 is 0 Å². The number of likely N-dealkylation sites (tertiary alicyclic amines) is 1. The van der Waals surface area contributed by atoms with E-state index in [2.05, 4.69) is 17.1 Å². The molecule has 2 fully saturated rings. The summed E-state index contributed by atoms with van der Waals surface area (Å²) in [5.74, 6) is 1.12. The predicted molar refractivity (Wildman–Crippen MR) is 90.3 cm³/mol. The fourth-order valence-corrected chi connectivity index (χ4v) is 3.55. The number of nitrogens with one attached hydrogen (secondary N) is 1. The van der Waals surface area contributed by atoms with E-state index in [1.165, 1.54) is 0 Å². The fourth-order valence-electron chi connectivity index (χ4n) is 3.55. The molecule has 1 aromatic rings. The molecule has 0 aliphatic carbocycles. The number of amides is 1. The van der Waals surface area contributed by atoms with Crippen molar-refractivity contribution in [3.05, 3.63) is 29.8 Å². The van der Waals surface area contributed by atoms with E-state index in [0.717, 1.165) is 57.7 Å². The molecule has 2 N–H and O–H groups in total. The Labute approximate surface area is 138 Å². The lowest BCUT2D eigenvalue weighted by Gasteiger charge is -2.39. The third-order valence-electron chi connectivity index (χ3n) is 5.03. The highest BCUT2D eigenvalue weighted by atomic mass is 16.3. The lowest BCUT2D eigenvalue weighted by Crippen LogP contribution is -2.51. The Morgan fingerprint density at radius 3 is 2.57 bits per heavy atom. The first-order valence-electron chi connectivity index (χ1n) is 8.67. The van der Waals surface area contributed by atoms with Gasteiger partial charge in [-0.25, -0.2) is 0 Å². The zero-order chi connectivity index (χ0) is 16.2. The molecule has 0 aromatic heterocycles. The minimum atomic E-state index is -0.280. The standard InChI is InChI=1S/C18H27N3O2/c1-14-5-9-21(10-6-14)18(23)17(20-11-7-19-8-12-20)15-3-2-4-16(22)13-15/h2-4,13-14,17,19,22H,5-12H2,1H3. The Bertz CT molecular complexity index is 535. The van der Waals surface area contributed by atoms with Gasteiger partial charge >= 0.3 is 0 Å². The van der Waals surface area contributed by atoms with E-state index in [1.807, 2.05) is 17.0 Å². The number of nitrogens with zero attached hydrogens (tertiary/aromatic N) is 2. The second-order valence-corrected chi connectivity index (χ2v) is 6.79. The lowest BCUT2D eigenvalue weighted by atomic mass is 9.96. The minimum absolute atomic E-state index is 0.185. The van der Waals surface area contributed by atoms with Crippen molar-refractivity contribution >= 4 is 5.91 Å². The number of benzene rings is 1. The summed E-state index contributed by atoms with van der Waals surface area (Å²) in [7, 11) is 0. The Hall–Kier alpha value is -1.59. The summed E-state index contributed by atoms with van der Waals surface area (Å²) in [6, 6.07) is 6.89. The molecule has 5 nitrogen and oxygen atoms in total. The van der Waals surface area contributed by atoms with E-state index in [-0.39, 0.29) is 17.7 Å². The summed E-state index contributed by atoms with van der Waals surface area (Å²) in [6.07, 6.45) is 2.17. The molecule has 0 radical (unpaired) electrons. The zero-order valence-electron chi connectivity index (χ0n) is 13.9. The van der Waals surface area contributed by atoms with Gasteiger partial charge in [-0.15, -0.1) is 0 Å². The molecule has 0 bridgehead atoms. The zero-order valence-corrected chi connectivity index (χ0v) is 13.9. The van der Waals surface area contributed by atoms with Gasteiger partial charge < -0.3 is 15.3 Å². The van der Waals surface area contributed by atoms with E-state index in [4.69, 9.17) is 0 Å². The summed E-state index contributed by atoms with van der Waals surface area (Å²) in [5, 5.41) is 13.2. The fraction of sp³-hybridized carbons (Fsp3) is 0.611. The summed E-state index contributed by atoms with van der Waals surface area (Å²) in [4.78, 5) is 17.5. The largest absolute Gasteiger partial charge is 0.508 e. The van der Waals surface area contributed by atoms with Crippen LogP contribution in [-0.4, -0.2) is 60.1 Å². The first-order valence-corrected chi connectivity index (χ1v) is 8.67. The molecule has 1 amide bonds.